The fourth-order valence-electron chi connectivity index (χ4n) is 3.52. The molecule has 2 heterocycles. The first kappa shape index (κ1) is 19.0. The maximum atomic E-state index is 12.7. The van der Waals surface area contributed by atoms with Crippen LogP contribution in [0, 0.1) is 5.41 Å². The van der Waals surface area contributed by atoms with Crippen LogP contribution in [0.5, 0.6) is 5.75 Å². The largest absolute Gasteiger partial charge is 0.573 e. The number of rotatable bonds is 3. The van der Waals surface area contributed by atoms with E-state index in [1.807, 2.05) is 0 Å². The molecule has 1 aromatic carbocycles. The molecule has 2 aliphatic heterocycles. The first-order chi connectivity index (χ1) is 12.1. The molecule has 0 saturated carbocycles. The number of hydrogen-bond donors (Lipinski definition) is 1. The van der Waals surface area contributed by atoms with E-state index in [-0.39, 0.29) is 23.9 Å². The van der Waals surface area contributed by atoms with Gasteiger partial charge in [-0.15, -0.1) is 13.2 Å². The monoisotopic (exact) mass is 392 g/mol. The van der Waals surface area contributed by atoms with Gasteiger partial charge in [-0.2, -0.15) is 4.31 Å². The summed E-state index contributed by atoms with van der Waals surface area (Å²) in [6.07, 6.45) is -2.34. The van der Waals surface area contributed by atoms with E-state index < -0.39 is 27.6 Å². The second kappa shape index (κ2) is 6.73. The minimum Gasteiger partial charge on any atom is -0.406 e. The molecule has 26 heavy (non-hydrogen) atoms. The van der Waals surface area contributed by atoms with Crippen LogP contribution in [0.4, 0.5) is 13.2 Å². The predicted octanol–water partition coefficient (Wildman–Crippen LogP) is 2.27. The average molecular weight is 392 g/mol. The summed E-state index contributed by atoms with van der Waals surface area (Å²) in [5, 5.41) is 2.84. The van der Waals surface area contributed by atoms with Crippen molar-refractivity contribution in [3.63, 3.8) is 0 Å². The van der Waals surface area contributed by atoms with Gasteiger partial charge in [0.05, 0.1) is 10.3 Å². The summed E-state index contributed by atoms with van der Waals surface area (Å²) in [7, 11) is -3.83. The third-order valence-corrected chi connectivity index (χ3v) is 6.89. The molecule has 0 aliphatic carbocycles. The number of ether oxygens (including phenoxy) is 1. The van der Waals surface area contributed by atoms with Crippen LogP contribution in [0.3, 0.4) is 0 Å². The second-order valence-electron chi connectivity index (χ2n) is 6.56. The highest BCUT2D eigenvalue weighted by molar-refractivity contribution is 7.89. The molecule has 2 aliphatic rings. The number of amides is 1. The fraction of sp³-hybridized carbons (Fsp3) is 0.562. The van der Waals surface area contributed by atoms with Crippen molar-refractivity contribution in [2.24, 2.45) is 5.41 Å². The van der Waals surface area contributed by atoms with Crippen molar-refractivity contribution in [3.8, 4) is 5.75 Å². The summed E-state index contributed by atoms with van der Waals surface area (Å²) in [6, 6.07) is 4.13. The lowest BCUT2D eigenvalue weighted by Gasteiger charge is -2.42. The standard InChI is InChI=1S/C16H19F3N2O4S/c17-16(18,19)25-12-2-4-13(5-3-12)26(23,24)21-10-7-15(8-11-21)6-1-9-20-14(15)22/h2-5H,1,6-11H2,(H,20,22). The van der Waals surface area contributed by atoms with Gasteiger partial charge in [-0.3, -0.25) is 4.79 Å². The van der Waals surface area contributed by atoms with Crippen LogP contribution in [-0.4, -0.2) is 44.6 Å². The highest BCUT2D eigenvalue weighted by Crippen LogP contribution is 2.39. The number of alkyl halides is 3. The van der Waals surface area contributed by atoms with Gasteiger partial charge < -0.3 is 10.1 Å². The summed E-state index contributed by atoms with van der Waals surface area (Å²) < 4.78 is 67.0. The quantitative estimate of drug-likeness (QED) is 0.856. The Morgan fingerprint density at radius 3 is 2.23 bits per heavy atom. The Kier molecular flexibility index (Phi) is 4.91. The van der Waals surface area contributed by atoms with E-state index in [0.717, 1.165) is 37.1 Å². The molecule has 10 heteroatoms. The lowest BCUT2D eigenvalue weighted by molar-refractivity contribution is -0.274. The molecule has 0 bridgehead atoms. The third kappa shape index (κ3) is 3.80. The molecule has 2 fully saturated rings. The molecule has 1 amide bonds. The molecule has 0 aromatic heterocycles. The summed E-state index contributed by atoms with van der Waals surface area (Å²) in [5.74, 6) is -0.498. The van der Waals surface area contributed by atoms with Crippen molar-refractivity contribution in [3.05, 3.63) is 24.3 Å². The van der Waals surface area contributed by atoms with Gasteiger partial charge in [-0.1, -0.05) is 0 Å². The molecule has 6 nitrogen and oxygen atoms in total. The molecule has 144 valence electrons. The minimum atomic E-state index is -4.83. The Morgan fingerprint density at radius 1 is 1.08 bits per heavy atom. The number of sulfonamides is 1. The number of nitrogens with zero attached hydrogens (tertiary/aromatic N) is 1. The number of hydrogen-bond acceptors (Lipinski definition) is 4. The smallest absolute Gasteiger partial charge is 0.406 e. The van der Waals surface area contributed by atoms with Crippen molar-refractivity contribution in [2.75, 3.05) is 19.6 Å². The molecular formula is C16H19F3N2O4S. The van der Waals surface area contributed by atoms with E-state index >= 15 is 0 Å². The average Bonchev–Trinajstić information content (AvgIpc) is 2.57. The molecule has 2 saturated heterocycles. The van der Waals surface area contributed by atoms with Crippen molar-refractivity contribution >= 4 is 15.9 Å². The lowest BCUT2D eigenvalue weighted by Crippen LogP contribution is -2.52. The van der Waals surface area contributed by atoms with Gasteiger partial charge in [0.1, 0.15) is 5.75 Å². The summed E-state index contributed by atoms with van der Waals surface area (Å²) >= 11 is 0. The van der Waals surface area contributed by atoms with E-state index in [4.69, 9.17) is 0 Å². The first-order valence-electron chi connectivity index (χ1n) is 8.27. The number of nitrogens with one attached hydrogen (secondary N) is 1. The van der Waals surface area contributed by atoms with Gasteiger partial charge in [0.2, 0.25) is 15.9 Å². The maximum absolute atomic E-state index is 12.7. The molecule has 1 aromatic rings. The normalized spacial score (nSPS) is 21.4. The number of piperidine rings is 2. The highest BCUT2D eigenvalue weighted by Gasteiger charge is 2.44. The third-order valence-electron chi connectivity index (χ3n) is 4.97. The summed E-state index contributed by atoms with van der Waals surface area (Å²) in [5.41, 5.74) is -0.505. The zero-order chi connectivity index (χ0) is 19.0. The second-order valence-corrected chi connectivity index (χ2v) is 8.50. The van der Waals surface area contributed by atoms with Gasteiger partial charge in [-0.25, -0.2) is 8.42 Å². The lowest BCUT2D eigenvalue weighted by atomic mass is 9.73. The zero-order valence-corrected chi connectivity index (χ0v) is 14.7. The molecule has 1 N–H and O–H groups in total. The van der Waals surface area contributed by atoms with Crippen molar-refractivity contribution < 1.29 is 31.1 Å². The number of carbonyl (C=O) groups excluding carboxylic acids is 1. The molecule has 1 spiro atoms. The predicted molar refractivity (Wildman–Crippen MR) is 85.8 cm³/mol. The van der Waals surface area contributed by atoms with E-state index in [0.29, 0.717) is 19.4 Å². The molecule has 0 unspecified atom stereocenters. The van der Waals surface area contributed by atoms with Crippen LogP contribution in [0.25, 0.3) is 0 Å². The Balaban J connectivity index is 1.70. The van der Waals surface area contributed by atoms with E-state index in [1.54, 1.807) is 0 Å². The summed E-state index contributed by atoms with van der Waals surface area (Å²) in [4.78, 5) is 12.1. The number of halogens is 3. The first-order valence-corrected chi connectivity index (χ1v) is 9.71. The van der Waals surface area contributed by atoms with Gasteiger partial charge in [0.15, 0.2) is 0 Å². The van der Waals surface area contributed by atoms with Gasteiger partial charge >= 0.3 is 6.36 Å². The van der Waals surface area contributed by atoms with E-state index in [1.165, 1.54) is 4.31 Å². The van der Waals surface area contributed by atoms with Crippen LogP contribution in [-0.2, 0) is 14.8 Å². The Hall–Kier alpha value is -1.81. The molecule has 3 rings (SSSR count). The molecular weight excluding hydrogens is 373 g/mol. The van der Waals surface area contributed by atoms with Crippen molar-refractivity contribution in [2.45, 2.75) is 36.9 Å². The fourth-order valence-corrected chi connectivity index (χ4v) is 4.97. The Morgan fingerprint density at radius 2 is 1.69 bits per heavy atom. The van der Waals surface area contributed by atoms with Crippen LogP contribution in [0.15, 0.2) is 29.2 Å². The van der Waals surface area contributed by atoms with Crippen LogP contribution >= 0.6 is 0 Å². The van der Waals surface area contributed by atoms with Crippen LogP contribution in [0.2, 0.25) is 0 Å². The zero-order valence-electron chi connectivity index (χ0n) is 13.9. The molecule has 0 radical (unpaired) electrons. The van der Waals surface area contributed by atoms with Crippen LogP contribution in [0.1, 0.15) is 25.7 Å². The summed E-state index contributed by atoms with van der Waals surface area (Å²) in [6.45, 7) is 1.06. The topological polar surface area (TPSA) is 75.7 Å². The van der Waals surface area contributed by atoms with Crippen molar-refractivity contribution in [1.82, 2.24) is 9.62 Å². The van der Waals surface area contributed by atoms with Gasteiger partial charge in [0.25, 0.3) is 0 Å². The number of carbonyl (C=O) groups is 1. The highest BCUT2D eigenvalue weighted by atomic mass is 32.2. The minimum absolute atomic E-state index is 0.0190. The Bertz CT molecular complexity index is 770. The Labute approximate surface area is 149 Å². The van der Waals surface area contributed by atoms with E-state index in [9.17, 15) is 26.4 Å². The van der Waals surface area contributed by atoms with Crippen molar-refractivity contribution in [1.29, 1.82) is 0 Å². The number of benzene rings is 1. The van der Waals surface area contributed by atoms with Crippen LogP contribution < -0.4 is 10.1 Å². The molecule has 0 atom stereocenters. The SMILES string of the molecule is O=C1NCCCC12CCN(S(=O)(=O)c1ccc(OC(F)(F)F)cc1)CC2. The van der Waals surface area contributed by atoms with Gasteiger partial charge in [-0.05, 0) is 49.9 Å². The maximum Gasteiger partial charge on any atom is 0.573 e. The van der Waals surface area contributed by atoms with Gasteiger partial charge in [0, 0.05) is 19.6 Å². The van der Waals surface area contributed by atoms with E-state index in [2.05, 4.69) is 10.1 Å².